The Morgan fingerprint density at radius 3 is 2.50 bits per heavy atom. The Morgan fingerprint density at radius 2 is 1.95 bits per heavy atom. The molecule has 1 aromatic rings. The Kier molecular flexibility index (Phi) is 4.38. The second-order valence-electron chi connectivity index (χ2n) is 5.53. The van der Waals surface area contributed by atoms with Crippen molar-refractivity contribution in [3.63, 3.8) is 0 Å². The second-order valence-corrected chi connectivity index (χ2v) is 8.73. The van der Waals surface area contributed by atoms with Gasteiger partial charge < -0.3 is 4.90 Å². The minimum atomic E-state index is -3.33. The van der Waals surface area contributed by atoms with E-state index >= 15 is 0 Å². The summed E-state index contributed by atoms with van der Waals surface area (Å²) in [5, 5.41) is 1.70. The van der Waals surface area contributed by atoms with Crippen LogP contribution in [0.4, 0.5) is 0 Å². The summed E-state index contributed by atoms with van der Waals surface area (Å²) in [6.07, 6.45) is 2.68. The number of halogens is 1. The minimum absolute atomic E-state index is 0.370. The maximum atomic E-state index is 12.5. The van der Waals surface area contributed by atoms with Crippen molar-refractivity contribution in [1.29, 1.82) is 0 Å². The lowest BCUT2D eigenvalue weighted by Crippen LogP contribution is -2.48. The van der Waals surface area contributed by atoms with Crippen molar-refractivity contribution in [2.45, 2.75) is 23.6 Å². The van der Waals surface area contributed by atoms with Gasteiger partial charge in [0.1, 0.15) is 0 Å². The van der Waals surface area contributed by atoms with Crippen molar-refractivity contribution in [3.05, 3.63) is 16.3 Å². The number of rotatable bonds is 5. The lowest BCUT2D eigenvalue weighted by Gasteiger charge is -2.33. The highest BCUT2D eigenvalue weighted by atomic mass is 35.5. The summed E-state index contributed by atoms with van der Waals surface area (Å²) in [4.78, 5) is 3.69. The summed E-state index contributed by atoms with van der Waals surface area (Å²) in [5.74, 6) is 1.23. The molecule has 3 rings (SSSR count). The molecule has 7 heteroatoms. The van der Waals surface area contributed by atoms with E-state index in [0.29, 0.717) is 23.9 Å². The first-order valence-corrected chi connectivity index (χ1v) is 9.81. The predicted molar refractivity (Wildman–Crippen MR) is 81.8 cm³/mol. The molecule has 0 atom stereocenters. The Hall–Kier alpha value is -0.140. The van der Waals surface area contributed by atoms with E-state index in [4.69, 9.17) is 11.6 Å². The third-order valence-corrected chi connectivity index (χ3v) is 7.35. The molecule has 1 saturated carbocycles. The van der Waals surface area contributed by atoms with E-state index in [2.05, 4.69) is 4.90 Å². The summed E-state index contributed by atoms with van der Waals surface area (Å²) < 4.78 is 26.7. The van der Waals surface area contributed by atoms with Crippen molar-refractivity contribution in [2.24, 2.45) is 5.92 Å². The van der Waals surface area contributed by atoms with Crippen molar-refractivity contribution >= 4 is 33.0 Å². The zero-order valence-corrected chi connectivity index (χ0v) is 13.7. The first-order chi connectivity index (χ1) is 9.59. The molecule has 1 saturated heterocycles. The molecular weight excluding hydrogens is 316 g/mol. The highest BCUT2D eigenvalue weighted by molar-refractivity contribution is 7.89. The van der Waals surface area contributed by atoms with Gasteiger partial charge in [-0.1, -0.05) is 0 Å². The highest BCUT2D eigenvalue weighted by Gasteiger charge is 2.31. The molecule has 0 N–H and O–H groups in total. The van der Waals surface area contributed by atoms with Gasteiger partial charge in [0, 0.05) is 43.0 Å². The summed E-state index contributed by atoms with van der Waals surface area (Å²) in [6.45, 7) is 4.04. The van der Waals surface area contributed by atoms with Crippen LogP contribution in [0.15, 0.2) is 16.3 Å². The molecule has 0 spiro atoms. The molecule has 0 bridgehead atoms. The second kappa shape index (κ2) is 5.93. The smallest absolute Gasteiger partial charge is 0.243 e. The molecule has 4 nitrogen and oxygen atoms in total. The van der Waals surface area contributed by atoms with Gasteiger partial charge in [-0.2, -0.15) is 4.31 Å². The third kappa shape index (κ3) is 3.20. The predicted octanol–water partition coefficient (Wildman–Crippen LogP) is 2.20. The van der Waals surface area contributed by atoms with E-state index in [0.717, 1.165) is 30.4 Å². The summed E-state index contributed by atoms with van der Waals surface area (Å²) >= 11 is 7.15. The third-order valence-electron chi connectivity index (χ3n) is 3.94. The quantitative estimate of drug-likeness (QED) is 0.775. The van der Waals surface area contributed by atoms with Gasteiger partial charge >= 0.3 is 0 Å². The first kappa shape index (κ1) is 14.8. The van der Waals surface area contributed by atoms with Crippen LogP contribution < -0.4 is 0 Å². The first-order valence-electron chi connectivity index (χ1n) is 6.95. The summed E-state index contributed by atoms with van der Waals surface area (Å²) in [7, 11) is -3.33. The van der Waals surface area contributed by atoms with E-state index in [1.54, 1.807) is 15.8 Å². The lowest BCUT2D eigenvalue weighted by molar-refractivity contribution is 0.182. The van der Waals surface area contributed by atoms with Gasteiger partial charge in [0.15, 0.2) is 0 Å². The number of thiophene rings is 1. The molecule has 0 unspecified atom stereocenters. The van der Waals surface area contributed by atoms with Crippen LogP contribution in [-0.2, 0) is 15.9 Å². The maximum Gasteiger partial charge on any atom is 0.243 e. The molecule has 2 heterocycles. The molecule has 2 aliphatic rings. The molecule has 2 fully saturated rings. The summed E-state index contributed by atoms with van der Waals surface area (Å²) in [5.41, 5.74) is 0. The van der Waals surface area contributed by atoms with Gasteiger partial charge in [0.05, 0.1) is 10.8 Å². The van der Waals surface area contributed by atoms with Crippen LogP contribution in [0, 0.1) is 5.92 Å². The summed E-state index contributed by atoms with van der Waals surface area (Å²) in [6, 6.07) is 1.70. The zero-order valence-electron chi connectivity index (χ0n) is 11.3. The monoisotopic (exact) mass is 334 g/mol. The Bertz CT molecular complexity index is 561. The average molecular weight is 335 g/mol. The largest absolute Gasteiger partial charge is 0.300 e. The maximum absolute atomic E-state index is 12.5. The molecule has 1 aromatic heterocycles. The number of hydrogen-bond donors (Lipinski definition) is 0. The van der Waals surface area contributed by atoms with E-state index < -0.39 is 10.0 Å². The van der Waals surface area contributed by atoms with Gasteiger partial charge in [-0.15, -0.1) is 22.9 Å². The average Bonchev–Trinajstić information content (AvgIpc) is 3.12. The van der Waals surface area contributed by atoms with Gasteiger partial charge in [-0.05, 0) is 24.8 Å². The van der Waals surface area contributed by atoms with Crippen LogP contribution in [0.3, 0.4) is 0 Å². The fraction of sp³-hybridized carbons (Fsp3) is 0.692. The van der Waals surface area contributed by atoms with Crippen molar-refractivity contribution in [1.82, 2.24) is 9.21 Å². The zero-order chi connectivity index (χ0) is 14.2. The van der Waals surface area contributed by atoms with Crippen molar-refractivity contribution in [3.8, 4) is 0 Å². The van der Waals surface area contributed by atoms with Crippen molar-refractivity contribution < 1.29 is 8.42 Å². The number of piperazine rings is 1. The standard InChI is InChI=1S/C13H19ClN2O2S2/c14-8-12-7-13(10-19-12)20(17,18)16-5-3-15(4-6-16)9-11-1-2-11/h7,10-11H,1-6,8-9H2. The van der Waals surface area contributed by atoms with Crippen LogP contribution in [0.1, 0.15) is 17.7 Å². The molecule has 1 aliphatic heterocycles. The Balaban J connectivity index is 1.63. The van der Waals surface area contributed by atoms with Crippen molar-refractivity contribution in [2.75, 3.05) is 32.7 Å². The molecular formula is C13H19ClN2O2S2. The van der Waals surface area contributed by atoms with Gasteiger partial charge in [-0.3, -0.25) is 0 Å². The van der Waals surface area contributed by atoms with Crippen LogP contribution in [0.5, 0.6) is 0 Å². The molecule has 0 aromatic carbocycles. The molecule has 0 radical (unpaired) electrons. The van der Waals surface area contributed by atoms with Crippen LogP contribution >= 0.6 is 22.9 Å². The molecule has 0 amide bonds. The van der Waals surface area contributed by atoms with Crippen LogP contribution in [0.2, 0.25) is 0 Å². The topological polar surface area (TPSA) is 40.6 Å². The van der Waals surface area contributed by atoms with E-state index in [9.17, 15) is 8.42 Å². The normalized spacial score (nSPS) is 22.2. The van der Waals surface area contributed by atoms with Gasteiger partial charge in [0.2, 0.25) is 10.0 Å². The van der Waals surface area contributed by atoms with Crippen LogP contribution in [-0.4, -0.2) is 50.3 Å². The highest BCUT2D eigenvalue weighted by Crippen LogP contribution is 2.30. The fourth-order valence-electron chi connectivity index (χ4n) is 2.53. The molecule has 112 valence electrons. The minimum Gasteiger partial charge on any atom is -0.300 e. The van der Waals surface area contributed by atoms with Crippen LogP contribution in [0.25, 0.3) is 0 Å². The number of sulfonamides is 1. The molecule has 1 aliphatic carbocycles. The number of hydrogen-bond acceptors (Lipinski definition) is 4. The fourth-order valence-corrected chi connectivity index (χ4v) is 5.33. The molecule has 20 heavy (non-hydrogen) atoms. The van der Waals surface area contributed by atoms with Gasteiger partial charge in [0.25, 0.3) is 0 Å². The number of alkyl halides is 1. The Labute approximate surface area is 129 Å². The lowest BCUT2D eigenvalue weighted by atomic mass is 10.3. The SMILES string of the molecule is O=S(=O)(c1csc(CCl)c1)N1CCN(CC2CC2)CC1. The Morgan fingerprint density at radius 1 is 1.25 bits per heavy atom. The van der Waals surface area contributed by atoms with Gasteiger partial charge in [-0.25, -0.2) is 8.42 Å². The van der Waals surface area contributed by atoms with E-state index in [-0.39, 0.29) is 0 Å². The number of nitrogens with zero attached hydrogens (tertiary/aromatic N) is 2. The van der Waals surface area contributed by atoms with E-state index in [1.807, 2.05) is 0 Å². The van der Waals surface area contributed by atoms with E-state index in [1.165, 1.54) is 24.2 Å².